The van der Waals surface area contributed by atoms with Gasteiger partial charge in [0.05, 0.1) is 11.9 Å². The summed E-state index contributed by atoms with van der Waals surface area (Å²) in [6, 6.07) is 3.43. The van der Waals surface area contributed by atoms with E-state index in [2.05, 4.69) is 46.8 Å². The Morgan fingerprint density at radius 3 is 2.53 bits per heavy atom. The molecule has 2 aromatic rings. The van der Waals surface area contributed by atoms with Gasteiger partial charge in [-0.2, -0.15) is 0 Å². The highest BCUT2D eigenvalue weighted by Gasteiger charge is 2.13. The molecule has 5 nitrogen and oxygen atoms in total. The summed E-state index contributed by atoms with van der Waals surface area (Å²) in [5.41, 5.74) is 6.88. The number of carbonyl (C=O) groups is 1. The van der Waals surface area contributed by atoms with E-state index in [1.54, 1.807) is 12.1 Å². The number of amides is 1. The Morgan fingerprint density at radius 2 is 2.00 bits per heavy atom. The highest BCUT2D eigenvalue weighted by Crippen LogP contribution is 2.33. The third-order valence-corrected chi connectivity index (χ3v) is 3.80. The van der Waals surface area contributed by atoms with Crippen LogP contribution in [0.5, 0.6) is 0 Å². The zero-order valence-electron chi connectivity index (χ0n) is 8.28. The van der Waals surface area contributed by atoms with Gasteiger partial charge in [0.2, 0.25) is 0 Å². The van der Waals surface area contributed by atoms with Gasteiger partial charge in [-0.15, -0.1) is 5.10 Å². The van der Waals surface area contributed by atoms with E-state index in [4.69, 9.17) is 5.73 Å². The molecule has 0 bridgehead atoms. The molecule has 1 aromatic carbocycles. The zero-order valence-corrected chi connectivity index (χ0v) is 12.3. The van der Waals surface area contributed by atoms with Gasteiger partial charge >= 0.3 is 0 Å². The van der Waals surface area contributed by atoms with Gasteiger partial charge < -0.3 is 11.1 Å². The summed E-state index contributed by atoms with van der Waals surface area (Å²) in [5.74, 6) is -0.258. The van der Waals surface area contributed by atoms with Crippen molar-refractivity contribution < 1.29 is 4.79 Å². The molecule has 0 saturated carbocycles. The minimum absolute atomic E-state index is 0.258. The lowest BCUT2D eigenvalue weighted by Gasteiger charge is -2.09. The van der Waals surface area contributed by atoms with Gasteiger partial charge in [-0.25, -0.2) is 0 Å². The van der Waals surface area contributed by atoms with Crippen LogP contribution in [0.25, 0.3) is 0 Å². The predicted molar refractivity (Wildman–Crippen MR) is 74.1 cm³/mol. The van der Waals surface area contributed by atoms with Gasteiger partial charge in [-0.05, 0) is 55.5 Å². The normalized spacial score (nSPS) is 10.2. The molecule has 17 heavy (non-hydrogen) atoms. The van der Waals surface area contributed by atoms with Crippen molar-refractivity contribution >= 4 is 60.7 Å². The number of nitrogens with two attached hydrogens (primary N) is 1. The lowest BCUT2D eigenvalue weighted by atomic mass is 10.3. The lowest BCUT2D eigenvalue weighted by molar-refractivity contribution is 0.103. The molecule has 0 saturated heterocycles. The molecule has 8 heteroatoms. The van der Waals surface area contributed by atoms with Crippen LogP contribution in [0.4, 0.5) is 11.4 Å². The van der Waals surface area contributed by atoms with Crippen LogP contribution in [-0.4, -0.2) is 15.5 Å². The van der Waals surface area contributed by atoms with Gasteiger partial charge in [-0.3, -0.25) is 4.79 Å². The number of halogens is 2. The molecule has 0 unspecified atom stereocenters. The van der Waals surface area contributed by atoms with Gasteiger partial charge in [-0.1, -0.05) is 4.49 Å². The van der Waals surface area contributed by atoms with E-state index >= 15 is 0 Å². The molecule has 0 aliphatic heterocycles. The number of aromatic nitrogens is 2. The molecular weight excluding hydrogens is 372 g/mol. The first-order valence-electron chi connectivity index (χ1n) is 4.41. The molecule has 0 aliphatic rings. The van der Waals surface area contributed by atoms with Crippen molar-refractivity contribution in [2.75, 3.05) is 11.1 Å². The molecule has 1 amide bonds. The van der Waals surface area contributed by atoms with Crippen LogP contribution in [0.3, 0.4) is 0 Å². The molecule has 88 valence electrons. The van der Waals surface area contributed by atoms with E-state index in [0.717, 1.165) is 11.5 Å². The Morgan fingerprint density at radius 1 is 1.35 bits per heavy atom. The average molecular weight is 378 g/mol. The fourth-order valence-corrected chi connectivity index (χ4v) is 2.99. The minimum atomic E-state index is -0.258. The number of nitrogens with one attached hydrogen (secondary N) is 1. The number of carbonyl (C=O) groups excluding carboxylic acids is 1. The SMILES string of the molecule is Nc1cc(Br)c(NC(=O)c2cnns2)c(Br)c1. The maximum atomic E-state index is 11.8. The predicted octanol–water partition coefficient (Wildman–Crippen LogP) is 2.90. The Kier molecular flexibility index (Phi) is 3.75. The van der Waals surface area contributed by atoms with Crippen molar-refractivity contribution in [3.63, 3.8) is 0 Å². The third kappa shape index (κ3) is 2.82. The number of nitrogen functional groups attached to an aromatic ring is 1. The van der Waals surface area contributed by atoms with Crippen molar-refractivity contribution in [3.8, 4) is 0 Å². The smallest absolute Gasteiger partial charge is 0.269 e. The van der Waals surface area contributed by atoms with Crippen molar-refractivity contribution in [1.82, 2.24) is 9.59 Å². The molecule has 0 spiro atoms. The highest BCUT2D eigenvalue weighted by atomic mass is 79.9. The summed E-state index contributed by atoms with van der Waals surface area (Å²) in [4.78, 5) is 12.3. The summed E-state index contributed by atoms with van der Waals surface area (Å²) in [6.45, 7) is 0. The van der Waals surface area contributed by atoms with Crippen LogP contribution in [0, 0.1) is 0 Å². The van der Waals surface area contributed by atoms with E-state index in [0.29, 0.717) is 25.2 Å². The fourth-order valence-electron chi connectivity index (χ4n) is 1.15. The van der Waals surface area contributed by atoms with E-state index in [9.17, 15) is 4.79 Å². The lowest BCUT2D eigenvalue weighted by Crippen LogP contribution is -2.11. The molecule has 0 aliphatic carbocycles. The number of rotatable bonds is 2. The van der Waals surface area contributed by atoms with E-state index in [1.807, 2.05) is 0 Å². The quantitative estimate of drug-likeness (QED) is 0.788. The standard InChI is InChI=1S/C9H6Br2N4OS/c10-5-1-4(12)2-6(11)8(5)14-9(16)7-3-13-15-17-7/h1-3H,12H2,(H,14,16). The van der Waals surface area contributed by atoms with Crippen molar-refractivity contribution in [1.29, 1.82) is 0 Å². The van der Waals surface area contributed by atoms with Crippen molar-refractivity contribution in [2.24, 2.45) is 0 Å². The maximum Gasteiger partial charge on any atom is 0.269 e. The second-order valence-corrected chi connectivity index (χ2v) is 5.59. The van der Waals surface area contributed by atoms with Crippen LogP contribution >= 0.6 is 43.4 Å². The fraction of sp³-hybridized carbons (Fsp3) is 0. The largest absolute Gasteiger partial charge is 0.399 e. The molecular formula is C9H6Br2N4OS. The van der Waals surface area contributed by atoms with E-state index in [1.165, 1.54) is 6.20 Å². The first-order valence-corrected chi connectivity index (χ1v) is 6.77. The second-order valence-electron chi connectivity index (χ2n) is 3.10. The second kappa shape index (κ2) is 5.11. The van der Waals surface area contributed by atoms with Gasteiger partial charge in [0.25, 0.3) is 5.91 Å². The van der Waals surface area contributed by atoms with Crippen LogP contribution in [0.1, 0.15) is 9.67 Å². The van der Waals surface area contributed by atoms with Crippen LogP contribution in [-0.2, 0) is 0 Å². The number of anilines is 2. The number of hydrogen-bond acceptors (Lipinski definition) is 5. The topological polar surface area (TPSA) is 80.9 Å². The number of nitrogens with zero attached hydrogens (tertiary/aromatic N) is 2. The minimum Gasteiger partial charge on any atom is -0.399 e. The van der Waals surface area contributed by atoms with Crippen molar-refractivity contribution in [2.45, 2.75) is 0 Å². The number of hydrogen-bond donors (Lipinski definition) is 2. The molecule has 2 rings (SSSR count). The monoisotopic (exact) mass is 376 g/mol. The summed E-state index contributed by atoms with van der Waals surface area (Å²) in [7, 11) is 0. The molecule has 1 aromatic heterocycles. The third-order valence-electron chi connectivity index (χ3n) is 1.89. The Balaban J connectivity index is 2.28. The Hall–Kier alpha value is -0.990. The van der Waals surface area contributed by atoms with Gasteiger partial charge in [0, 0.05) is 14.6 Å². The summed E-state index contributed by atoms with van der Waals surface area (Å²) in [5, 5.41) is 6.36. The van der Waals surface area contributed by atoms with E-state index < -0.39 is 0 Å². The Bertz CT molecular complexity index is 535. The molecule has 0 radical (unpaired) electrons. The molecule has 0 atom stereocenters. The first kappa shape index (κ1) is 12.5. The average Bonchev–Trinajstić information content (AvgIpc) is 2.76. The molecule has 1 heterocycles. The van der Waals surface area contributed by atoms with Gasteiger partial charge in [0.1, 0.15) is 4.88 Å². The summed E-state index contributed by atoms with van der Waals surface area (Å²) >= 11 is 7.71. The van der Waals surface area contributed by atoms with Gasteiger partial charge in [0.15, 0.2) is 0 Å². The van der Waals surface area contributed by atoms with Crippen molar-refractivity contribution in [3.05, 3.63) is 32.2 Å². The number of benzene rings is 1. The van der Waals surface area contributed by atoms with Crippen LogP contribution in [0.15, 0.2) is 27.3 Å². The summed E-state index contributed by atoms with van der Waals surface area (Å²) in [6.07, 6.45) is 1.42. The summed E-state index contributed by atoms with van der Waals surface area (Å²) < 4.78 is 5.04. The Labute approximate surface area is 118 Å². The maximum absolute atomic E-state index is 11.8. The van der Waals surface area contributed by atoms with E-state index in [-0.39, 0.29) is 5.91 Å². The zero-order chi connectivity index (χ0) is 12.4. The first-order chi connectivity index (χ1) is 8.08. The molecule has 3 N–H and O–H groups in total. The van der Waals surface area contributed by atoms with Crippen LogP contribution < -0.4 is 11.1 Å². The molecule has 0 fully saturated rings. The highest BCUT2D eigenvalue weighted by molar-refractivity contribution is 9.11. The van der Waals surface area contributed by atoms with Crippen LogP contribution in [0.2, 0.25) is 0 Å².